The minimum Gasteiger partial charge on any atom is -0.480 e. The third kappa shape index (κ3) is 3.66. The van der Waals surface area contributed by atoms with Gasteiger partial charge in [0.15, 0.2) is 0 Å². The van der Waals surface area contributed by atoms with Crippen molar-refractivity contribution in [1.82, 2.24) is 4.31 Å². The first-order valence-electron chi connectivity index (χ1n) is 5.97. The van der Waals surface area contributed by atoms with Crippen LogP contribution in [0.5, 0.6) is 0 Å². The van der Waals surface area contributed by atoms with Gasteiger partial charge in [0.2, 0.25) is 10.0 Å². The molecule has 7 heteroatoms. The largest absolute Gasteiger partial charge is 0.480 e. The van der Waals surface area contributed by atoms with Crippen LogP contribution in [0.4, 0.5) is 0 Å². The summed E-state index contributed by atoms with van der Waals surface area (Å²) in [5, 5.41) is 8.34. The summed E-state index contributed by atoms with van der Waals surface area (Å²) in [5.41, 5.74) is -0.741. The predicted octanol–water partition coefficient (Wildman–Crippen LogP) is 0.680. The van der Waals surface area contributed by atoms with E-state index < -0.39 is 33.3 Å². The molecule has 0 aliphatic carbocycles. The molecule has 0 amide bonds. The van der Waals surface area contributed by atoms with Crippen molar-refractivity contribution >= 4 is 16.0 Å². The SMILES string of the molecule is CC(C)(C)N(CC(=O)O)S(=O)(=O)C1CCOCC1. The van der Waals surface area contributed by atoms with Crippen molar-refractivity contribution in [3.05, 3.63) is 0 Å². The topological polar surface area (TPSA) is 83.9 Å². The van der Waals surface area contributed by atoms with Gasteiger partial charge in [0.05, 0.1) is 5.25 Å². The number of sulfonamides is 1. The van der Waals surface area contributed by atoms with E-state index in [-0.39, 0.29) is 0 Å². The number of rotatable bonds is 4. The summed E-state index contributed by atoms with van der Waals surface area (Å²) in [6, 6.07) is 0. The molecule has 1 aliphatic rings. The van der Waals surface area contributed by atoms with E-state index in [0.29, 0.717) is 26.1 Å². The molecule has 0 radical (unpaired) electrons. The maximum absolute atomic E-state index is 12.5. The molecule has 1 fully saturated rings. The van der Waals surface area contributed by atoms with Crippen molar-refractivity contribution in [1.29, 1.82) is 0 Å². The van der Waals surface area contributed by atoms with Gasteiger partial charge in [-0.3, -0.25) is 4.79 Å². The van der Waals surface area contributed by atoms with Gasteiger partial charge in [0.25, 0.3) is 0 Å². The van der Waals surface area contributed by atoms with Gasteiger partial charge in [-0.15, -0.1) is 0 Å². The highest BCUT2D eigenvalue weighted by Gasteiger charge is 2.40. The predicted molar refractivity (Wildman–Crippen MR) is 66.9 cm³/mol. The molecule has 0 aromatic carbocycles. The van der Waals surface area contributed by atoms with Gasteiger partial charge in [-0.2, -0.15) is 4.31 Å². The second kappa shape index (κ2) is 5.54. The smallest absolute Gasteiger partial charge is 0.318 e. The first-order valence-corrected chi connectivity index (χ1v) is 7.47. The molecule has 18 heavy (non-hydrogen) atoms. The van der Waals surface area contributed by atoms with Crippen molar-refractivity contribution in [3.63, 3.8) is 0 Å². The third-order valence-electron chi connectivity index (χ3n) is 2.92. The molecule has 0 saturated carbocycles. The molecule has 0 aromatic rings. The molecule has 106 valence electrons. The monoisotopic (exact) mass is 279 g/mol. The molecular formula is C11H21NO5S. The van der Waals surface area contributed by atoms with Crippen molar-refractivity contribution in [2.45, 2.75) is 44.4 Å². The molecule has 0 spiro atoms. The lowest BCUT2D eigenvalue weighted by molar-refractivity contribution is -0.138. The molecule has 0 bridgehead atoms. The summed E-state index contributed by atoms with van der Waals surface area (Å²) in [7, 11) is -3.60. The maximum Gasteiger partial charge on any atom is 0.318 e. The molecule has 1 rings (SSSR count). The summed E-state index contributed by atoms with van der Waals surface area (Å²) in [5.74, 6) is -1.14. The molecule has 0 unspecified atom stereocenters. The Morgan fingerprint density at radius 3 is 2.22 bits per heavy atom. The first-order chi connectivity index (χ1) is 8.15. The van der Waals surface area contributed by atoms with Crippen LogP contribution in [0.25, 0.3) is 0 Å². The molecule has 1 aliphatic heterocycles. The van der Waals surface area contributed by atoms with Gasteiger partial charge in [-0.25, -0.2) is 8.42 Å². The fourth-order valence-electron chi connectivity index (χ4n) is 1.99. The average molecular weight is 279 g/mol. The van der Waals surface area contributed by atoms with E-state index in [1.807, 2.05) is 0 Å². The van der Waals surface area contributed by atoms with Gasteiger partial charge >= 0.3 is 5.97 Å². The zero-order chi connectivity index (χ0) is 14.0. The lowest BCUT2D eigenvalue weighted by Crippen LogP contribution is -2.52. The average Bonchev–Trinajstić information content (AvgIpc) is 2.25. The minimum atomic E-state index is -3.60. The normalized spacial score (nSPS) is 19.1. The number of nitrogens with zero attached hydrogens (tertiary/aromatic N) is 1. The standard InChI is InChI=1S/C11H21NO5S/c1-11(2,3)12(8-10(13)14)18(15,16)9-4-6-17-7-5-9/h9H,4-8H2,1-3H3,(H,13,14). The maximum atomic E-state index is 12.5. The Balaban J connectivity index is 2.99. The number of carboxylic acids is 1. The second-order valence-electron chi connectivity index (χ2n) is 5.43. The van der Waals surface area contributed by atoms with E-state index in [4.69, 9.17) is 9.84 Å². The van der Waals surface area contributed by atoms with Crippen LogP contribution < -0.4 is 0 Å². The fraction of sp³-hybridized carbons (Fsp3) is 0.909. The summed E-state index contributed by atoms with van der Waals surface area (Å²) in [6.07, 6.45) is 0.850. The van der Waals surface area contributed by atoms with Gasteiger partial charge in [-0.1, -0.05) is 0 Å². The summed E-state index contributed by atoms with van der Waals surface area (Å²) in [6.45, 7) is 5.43. The van der Waals surface area contributed by atoms with Crippen molar-refractivity contribution in [3.8, 4) is 0 Å². The molecule has 0 aromatic heterocycles. The van der Waals surface area contributed by atoms with E-state index in [1.165, 1.54) is 0 Å². The van der Waals surface area contributed by atoms with Crippen molar-refractivity contribution in [2.75, 3.05) is 19.8 Å². The molecule has 1 N–H and O–H groups in total. The molecule has 6 nitrogen and oxygen atoms in total. The summed E-state index contributed by atoms with van der Waals surface area (Å²) < 4.78 is 31.2. The van der Waals surface area contributed by atoms with E-state index in [0.717, 1.165) is 4.31 Å². The van der Waals surface area contributed by atoms with Gasteiger partial charge in [0, 0.05) is 18.8 Å². The number of carboxylic acid groups (broad SMARTS) is 1. The molecule has 1 heterocycles. The van der Waals surface area contributed by atoms with Gasteiger partial charge in [0.1, 0.15) is 6.54 Å². The molecule has 1 saturated heterocycles. The van der Waals surface area contributed by atoms with E-state index >= 15 is 0 Å². The van der Waals surface area contributed by atoms with Crippen LogP contribution in [0.3, 0.4) is 0 Å². The zero-order valence-electron chi connectivity index (χ0n) is 11.0. The van der Waals surface area contributed by atoms with Crippen LogP contribution in [0.1, 0.15) is 33.6 Å². The highest BCUT2D eigenvalue weighted by molar-refractivity contribution is 7.89. The Labute approximate surface area is 108 Å². The quantitative estimate of drug-likeness (QED) is 0.818. The number of hydrogen-bond donors (Lipinski definition) is 1. The van der Waals surface area contributed by atoms with E-state index in [1.54, 1.807) is 20.8 Å². The van der Waals surface area contributed by atoms with Crippen LogP contribution in [0.2, 0.25) is 0 Å². The van der Waals surface area contributed by atoms with Crippen LogP contribution in [-0.2, 0) is 19.6 Å². The summed E-state index contributed by atoms with van der Waals surface area (Å²) >= 11 is 0. The van der Waals surface area contributed by atoms with E-state index in [2.05, 4.69) is 0 Å². The highest BCUT2D eigenvalue weighted by atomic mass is 32.2. The van der Waals surface area contributed by atoms with Crippen LogP contribution >= 0.6 is 0 Å². The molecular weight excluding hydrogens is 258 g/mol. The lowest BCUT2D eigenvalue weighted by Gasteiger charge is -2.37. The first kappa shape index (κ1) is 15.4. The van der Waals surface area contributed by atoms with Crippen LogP contribution in [0.15, 0.2) is 0 Å². The lowest BCUT2D eigenvalue weighted by atomic mass is 10.1. The second-order valence-corrected chi connectivity index (χ2v) is 7.57. The number of aliphatic carboxylic acids is 1. The van der Waals surface area contributed by atoms with Crippen molar-refractivity contribution in [2.24, 2.45) is 0 Å². The Kier molecular flexibility index (Phi) is 4.74. The highest BCUT2D eigenvalue weighted by Crippen LogP contribution is 2.25. The Bertz CT molecular complexity index is 392. The Hall–Kier alpha value is -0.660. The van der Waals surface area contributed by atoms with Crippen LogP contribution in [0, 0.1) is 0 Å². The summed E-state index contributed by atoms with van der Waals surface area (Å²) in [4.78, 5) is 10.9. The zero-order valence-corrected chi connectivity index (χ0v) is 11.9. The van der Waals surface area contributed by atoms with Gasteiger partial charge < -0.3 is 9.84 Å². The van der Waals surface area contributed by atoms with Crippen LogP contribution in [-0.4, -0.2) is 54.3 Å². The van der Waals surface area contributed by atoms with E-state index in [9.17, 15) is 13.2 Å². The number of ether oxygens (including phenoxy) is 1. The third-order valence-corrected chi connectivity index (χ3v) is 5.53. The molecule has 0 atom stereocenters. The fourth-order valence-corrected chi connectivity index (χ4v) is 4.19. The van der Waals surface area contributed by atoms with Crippen molar-refractivity contribution < 1.29 is 23.1 Å². The number of hydrogen-bond acceptors (Lipinski definition) is 4. The Morgan fingerprint density at radius 2 is 1.83 bits per heavy atom. The number of carbonyl (C=O) groups is 1. The minimum absolute atomic E-state index is 0.412. The Morgan fingerprint density at radius 1 is 1.33 bits per heavy atom. The van der Waals surface area contributed by atoms with Gasteiger partial charge in [-0.05, 0) is 33.6 Å².